The van der Waals surface area contributed by atoms with Gasteiger partial charge in [-0.1, -0.05) is 48.0 Å². The van der Waals surface area contributed by atoms with E-state index < -0.39 is 21.0 Å². The van der Waals surface area contributed by atoms with Gasteiger partial charge in [-0.15, -0.1) is 6.58 Å². The Morgan fingerprint density at radius 2 is 1.95 bits per heavy atom. The van der Waals surface area contributed by atoms with Gasteiger partial charge in [0.05, 0.1) is 16.5 Å². The van der Waals surface area contributed by atoms with E-state index >= 15 is 0 Å². The Labute approximate surface area is 237 Å². The number of halogens is 2. The third-order valence-electron chi connectivity index (χ3n) is 7.26. The molecule has 7 nitrogen and oxygen atoms in total. The molecule has 2 aliphatic rings. The van der Waals surface area contributed by atoms with Crippen molar-refractivity contribution in [1.29, 1.82) is 5.41 Å². The average molecular weight is 579 g/mol. The lowest BCUT2D eigenvalue weighted by atomic mass is 9.91. The molecule has 0 saturated carbocycles. The summed E-state index contributed by atoms with van der Waals surface area (Å²) in [5.41, 5.74) is 3.15. The van der Waals surface area contributed by atoms with E-state index in [2.05, 4.69) is 16.5 Å². The maximum atomic E-state index is 13.8. The molecule has 2 N–H and O–H groups in total. The smallest absolute Gasteiger partial charge is 0.187 e. The standard InChI is InChI=1S/C30H28ClFN4O3S/c1-2-12-40(38,39)29-14-19(10-11-36(29)22-8-9-26(32)25(31)15-22)13-21-18-34-30(35-21)24-17-28(37)23(16-27(24)33)20-6-4-3-5-7-20/h2-9,15-19,29,33H,1,10-14H2,(H,34,35). The van der Waals surface area contributed by atoms with Crippen molar-refractivity contribution in [3.05, 3.63) is 107 Å². The molecule has 1 aliphatic heterocycles. The summed E-state index contributed by atoms with van der Waals surface area (Å²) in [6, 6.07) is 13.5. The van der Waals surface area contributed by atoms with Crippen LogP contribution in [-0.2, 0) is 21.1 Å². The third-order valence-corrected chi connectivity index (χ3v) is 9.52. The van der Waals surface area contributed by atoms with Crippen molar-refractivity contribution in [2.45, 2.75) is 24.6 Å². The summed E-state index contributed by atoms with van der Waals surface area (Å²) in [7, 11) is -3.57. The Bertz CT molecular complexity index is 1650. The highest BCUT2D eigenvalue weighted by molar-refractivity contribution is 7.92. The Balaban J connectivity index is 1.33. The minimum absolute atomic E-state index is 0.0241. The zero-order valence-electron chi connectivity index (χ0n) is 21.6. The highest BCUT2D eigenvalue weighted by atomic mass is 35.5. The molecule has 2 aromatic carbocycles. The van der Waals surface area contributed by atoms with E-state index in [9.17, 15) is 17.6 Å². The zero-order chi connectivity index (χ0) is 28.4. The van der Waals surface area contributed by atoms with Crippen molar-refractivity contribution in [2.24, 2.45) is 5.92 Å². The van der Waals surface area contributed by atoms with Gasteiger partial charge in [0, 0.05) is 35.3 Å². The van der Waals surface area contributed by atoms with E-state index in [-0.39, 0.29) is 28.2 Å². The molecule has 0 radical (unpaired) electrons. The summed E-state index contributed by atoms with van der Waals surface area (Å²) in [5, 5.41) is 7.64. The molecule has 10 heteroatoms. The van der Waals surface area contributed by atoms with Crippen molar-refractivity contribution in [3.8, 4) is 0 Å². The number of carbonyl (C=O) groups excluding carboxylic acids is 1. The molecule has 2 atom stereocenters. The number of aromatic nitrogens is 2. The quantitative estimate of drug-likeness (QED) is 0.265. The van der Waals surface area contributed by atoms with Crippen molar-refractivity contribution < 1.29 is 17.6 Å². The normalized spacial score (nSPS) is 19.8. The maximum Gasteiger partial charge on any atom is 0.187 e. The number of nitrogens with one attached hydrogen (secondary N) is 2. The van der Waals surface area contributed by atoms with Crippen LogP contribution in [0.25, 0.3) is 11.1 Å². The molecule has 1 aromatic heterocycles. The van der Waals surface area contributed by atoms with Crippen LogP contribution in [0, 0.1) is 17.1 Å². The fourth-order valence-corrected chi connectivity index (χ4v) is 7.19. The van der Waals surface area contributed by atoms with E-state index in [1.807, 2.05) is 30.3 Å². The zero-order valence-corrected chi connectivity index (χ0v) is 23.2. The van der Waals surface area contributed by atoms with Crippen LogP contribution in [0.5, 0.6) is 0 Å². The highest BCUT2D eigenvalue weighted by Gasteiger charge is 2.37. The number of H-pyrrole nitrogens is 1. The number of benzene rings is 2. The number of allylic oxidation sites excluding steroid dienone is 4. The first-order chi connectivity index (χ1) is 19.2. The van der Waals surface area contributed by atoms with Gasteiger partial charge in [-0.3, -0.25) is 4.79 Å². The van der Waals surface area contributed by atoms with Gasteiger partial charge >= 0.3 is 0 Å². The molecule has 206 valence electrons. The van der Waals surface area contributed by atoms with Crippen LogP contribution in [0.15, 0.2) is 79.5 Å². The van der Waals surface area contributed by atoms with Gasteiger partial charge in [0.15, 0.2) is 15.6 Å². The molecule has 40 heavy (non-hydrogen) atoms. The first-order valence-electron chi connectivity index (χ1n) is 12.9. The number of hydrogen-bond donors (Lipinski definition) is 2. The lowest BCUT2D eigenvalue weighted by Gasteiger charge is -2.40. The maximum absolute atomic E-state index is 13.8. The predicted molar refractivity (Wildman–Crippen MR) is 157 cm³/mol. The van der Waals surface area contributed by atoms with Gasteiger partial charge in [-0.25, -0.2) is 17.8 Å². The average Bonchev–Trinajstić information content (AvgIpc) is 3.40. The lowest BCUT2D eigenvalue weighted by molar-refractivity contribution is -0.109. The molecular weight excluding hydrogens is 551 g/mol. The minimum atomic E-state index is -3.57. The lowest BCUT2D eigenvalue weighted by Crippen LogP contribution is -2.48. The molecule has 1 aliphatic carbocycles. The minimum Gasteiger partial charge on any atom is -0.355 e. The predicted octanol–water partition coefficient (Wildman–Crippen LogP) is 5.66. The molecule has 0 amide bonds. The van der Waals surface area contributed by atoms with Crippen LogP contribution in [0.1, 0.15) is 29.9 Å². The van der Waals surface area contributed by atoms with Crippen molar-refractivity contribution in [1.82, 2.24) is 9.97 Å². The van der Waals surface area contributed by atoms with Crippen LogP contribution >= 0.6 is 11.6 Å². The summed E-state index contributed by atoms with van der Waals surface area (Å²) in [6.45, 7) is 4.05. The van der Waals surface area contributed by atoms with Gasteiger partial charge < -0.3 is 15.3 Å². The van der Waals surface area contributed by atoms with Crippen LogP contribution in [0.3, 0.4) is 0 Å². The second kappa shape index (κ2) is 11.3. The van der Waals surface area contributed by atoms with Crippen LogP contribution in [0.2, 0.25) is 5.02 Å². The summed E-state index contributed by atoms with van der Waals surface area (Å²) >= 11 is 5.99. The van der Waals surface area contributed by atoms with Gasteiger partial charge in [-0.2, -0.15) is 0 Å². The van der Waals surface area contributed by atoms with Crippen molar-refractivity contribution in [2.75, 3.05) is 17.2 Å². The fourth-order valence-electron chi connectivity index (χ4n) is 5.29. The molecule has 3 aromatic rings. The summed E-state index contributed by atoms with van der Waals surface area (Å²) in [6.07, 6.45) is 7.64. The molecule has 0 bridgehead atoms. The number of sulfone groups is 1. The van der Waals surface area contributed by atoms with Crippen molar-refractivity contribution >= 4 is 49.8 Å². The van der Waals surface area contributed by atoms with E-state index in [4.69, 9.17) is 17.0 Å². The molecule has 2 unspecified atom stereocenters. The number of piperidine rings is 1. The Hall–Kier alpha value is -3.82. The molecule has 0 spiro atoms. The molecular formula is C30H28ClFN4O3S. The third kappa shape index (κ3) is 5.71. The van der Waals surface area contributed by atoms with Crippen LogP contribution in [0.4, 0.5) is 10.1 Å². The Kier molecular flexibility index (Phi) is 7.87. The summed E-state index contributed by atoms with van der Waals surface area (Å²) in [4.78, 5) is 22.3. The number of imidazole rings is 1. The first-order valence-corrected chi connectivity index (χ1v) is 15.0. The van der Waals surface area contributed by atoms with Gasteiger partial charge in [0.2, 0.25) is 0 Å². The highest BCUT2D eigenvalue weighted by Crippen LogP contribution is 2.35. The number of carbonyl (C=O) groups is 1. The number of rotatable bonds is 8. The monoisotopic (exact) mass is 578 g/mol. The summed E-state index contributed by atoms with van der Waals surface area (Å²) < 4.78 is 40.2. The number of anilines is 1. The molecule has 1 saturated heterocycles. The summed E-state index contributed by atoms with van der Waals surface area (Å²) in [5.74, 6) is -0.483. The van der Waals surface area contributed by atoms with Crippen LogP contribution in [-0.4, -0.2) is 47.6 Å². The van der Waals surface area contributed by atoms with E-state index in [0.717, 1.165) is 11.3 Å². The van der Waals surface area contributed by atoms with Crippen LogP contribution < -0.4 is 4.90 Å². The van der Waals surface area contributed by atoms with E-state index in [0.29, 0.717) is 48.5 Å². The van der Waals surface area contributed by atoms with Gasteiger partial charge in [0.1, 0.15) is 17.0 Å². The second-order valence-electron chi connectivity index (χ2n) is 9.98. The van der Waals surface area contributed by atoms with Gasteiger partial charge in [0.25, 0.3) is 0 Å². The number of hydrogen-bond acceptors (Lipinski definition) is 6. The Morgan fingerprint density at radius 3 is 2.67 bits per heavy atom. The van der Waals surface area contributed by atoms with E-state index in [1.54, 1.807) is 23.2 Å². The first kappa shape index (κ1) is 27.7. The molecule has 1 fully saturated rings. The largest absolute Gasteiger partial charge is 0.355 e. The fraction of sp³-hybridized carbons (Fsp3) is 0.233. The van der Waals surface area contributed by atoms with Crippen molar-refractivity contribution in [3.63, 3.8) is 0 Å². The number of ketones is 1. The topological polar surface area (TPSA) is 107 Å². The molecule has 5 rings (SSSR count). The number of aromatic amines is 1. The Morgan fingerprint density at radius 1 is 1.18 bits per heavy atom. The SMILES string of the molecule is C=CCS(=O)(=O)C1CC(Cc2cnc(C3=CC(=O)C(c4ccccc4)=CC3=N)[nH]2)CCN1c1ccc(F)c(Cl)c1. The molecule has 2 heterocycles. The second-order valence-corrected chi connectivity index (χ2v) is 12.6. The number of nitrogens with zero attached hydrogens (tertiary/aromatic N) is 2. The van der Waals surface area contributed by atoms with E-state index in [1.165, 1.54) is 24.3 Å². The van der Waals surface area contributed by atoms with Gasteiger partial charge in [-0.05, 0) is 61.1 Å².